The predicted molar refractivity (Wildman–Crippen MR) is 145 cm³/mol. The fraction of sp³-hybridized carbons (Fsp3) is 0.333. The zero-order valence-corrected chi connectivity index (χ0v) is 23.2. The van der Waals surface area contributed by atoms with Crippen molar-refractivity contribution in [1.29, 1.82) is 0 Å². The van der Waals surface area contributed by atoms with Crippen LogP contribution in [0.15, 0.2) is 42.5 Å². The van der Waals surface area contributed by atoms with Crippen LogP contribution < -0.4 is 14.2 Å². The van der Waals surface area contributed by atoms with Gasteiger partial charge in [-0.25, -0.2) is 13.2 Å². The lowest BCUT2D eigenvalue weighted by Crippen LogP contribution is -2.27. The zero-order chi connectivity index (χ0) is 30.5. The van der Waals surface area contributed by atoms with E-state index in [0.29, 0.717) is 29.9 Å². The molecule has 1 aliphatic carbocycles. The van der Waals surface area contributed by atoms with E-state index in [4.69, 9.17) is 19.3 Å². The predicted octanol–water partition coefficient (Wildman–Crippen LogP) is 5.34. The minimum absolute atomic E-state index is 0.0294. The van der Waals surface area contributed by atoms with Crippen LogP contribution in [0.3, 0.4) is 0 Å². The number of carbonyl (C=O) groups is 1. The number of aliphatic carboxylic acids is 1. The van der Waals surface area contributed by atoms with E-state index < -0.39 is 40.7 Å². The molecule has 2 atom stereocenters. The number of ether oxygens (including phenoxy) is 3. The van der Waals surface area contributed by atoms with Gasteiger partial charge < -0.3 is 24.4 Å². The molecule has 0 spiro atoms. The van der Waals surface area contributed by atoms with E-state index in [1.807, 2.05) is 0 Å². The van der Waals surface area contributed by atoms with E-state index >= 15 is 13.2 Å². The van der Waals surface area contributed by atoms with Crippen LogP contribution in [0.4, 0.5) is 13.2 Å². The number of benzene rings is 3. The maximum atomic E-state index is 15.1. The number of tetrazole rings is 1. The molecule has 0 saturated carbocycles. The number of carboxylic acid groups (broad SMARTS) is 1. The second kappa shape index (κ2) is 10.9. The van der Waals surface area contributed by atoms with Crippen molar-refractivity contribution in [2.45, 2.75) is 57.3 Å². The molecule has 0 bridgehead atoms. The molecule has 1 aromatic heterocycles. The summed E-state index contributed by atoms with van der Waals surface area (Å²) in [4.78, 5) is 12.2. The van der Waals surface area contributed by atoms with Crippen molar-refractivity contribution in [3.05, 3.63) is 76.6 Å². The number of hydrogen-bond acceptors (Lipinski definition) is 8. The van der Waals surface area contributed by atoms with Crippen molar-refractivity contribution >= 4 is 5.97 Å². The average Bonchev–Trinajstić information content (AvgIpc) is 3.64. The summed E-state index contributed by atoms with van der Waals surface area (Å²) < 4.78 is 62.8. The minimum atomic E-state index is -1.16. The Morgan fingerprint density at radius 3 is 2.58 bits per heavy atom. The summed E-state index contributed by atoms with van der Waals surface area (Å²) in [6.45, 7) is 3.30. The van der Waals surface area contributed by atoms with Crippen molar-refractivity contribution in [2.24, 2.45) is 0 Å². The number of carboxylic acids is 1. The molecular weight excluding hydrogens is 569 g/mol. The van der Waals surface area contributed by atoms with E-state index in [1.165, 1.54) is 26.0 Å². The first-order valence-electron chi connectivity index (χ1n) is 13.6. The maximum Gasteiger partial charge on any atom is 0.304 e. The van der Waals surface area contributed by atoms with Gasteiger partial charge in [0.15, 0.2) is 0 Å². The van der Waals surface area contributed by atoms with E-state index in [0.717, 1.165) is 22.5 Å². The Labute approximate surface area is 243 Å². The molecule has 0 unspecified atom stereocenters. The number of aromatic nitrogens is 4. The highest BCUT2D eigenvalue weighted by Crippen LogP contribution is 2.44. The van der Waals surface area contributed by atoms with Crippen LogP contribution in [-0.4, -0.2) is 48.6 Å². The van der Waals surface area contributed by atoms with Crippen molar-refractivity contribution in [3.8, 4) is 34.4 Å². The van der Waals surface area contributed by atoms with Gasteiger partial charge in [-0.2, -0.15) is 4.80 Å². The third kappa shape index (κ3) is 5.85. The third-order valence-electron chi connectivity index (χ3n) is 7.25. The molecule has 13 heteroatoms. The van der Waals surface area contributed by atoms with E-state index in [9.17, 15) is 9.90 Å². The lowest BCUT2D eigenvalue weighted by atomic mass is 9.98. The first kappa shape index (κ1) is 28.5. The summed E-state index contributed by atoms with van der Waals surface area (Å²) in [5.41, 5.74) is -0.0737. The Morgan fingerprint density at radius 2 is 1.86 bits per heavy atom. The largest absolute Gasteiger partial charge is 0.492 e. The number of rotatable bonds is 9. The first-order valence-corrected chi connectivity index (χ1v) is 13.6. The lowest BCUT2D eigenvalue weighted by Gasteiger charge is -2.17. The van der Waals surface area contributed by atoms with Gasteiger partial charge in [0.25, 0.3) is 0 Å². The fourth-order valence-electron chi connectivity index (χ4n) is 5.44. The molecule has 2 N–H and O–H groups in total. The highest BCUT2D eigenvalue weighted by atomic mass is 19.1. The van der Waals surface area contributed by atoms with Crippen LogP contribution in [0.2, 0.25) is 0 Å². The molecule has 0 amide bonds. The summed E-state index contributed by atoms with van der Waals surface area (Å²) in [6, 6.07) is 9.70. The Kier molecular flexibility index (Phi) is 7.20. The monoisotopic (exact) mass is 596 g/mol. The molecule has 0 radical (unpaired) electrons. The molecular formula is C30H27F3N4O6. The molecule has 1 aliphatic heterocycles. The Bertz CT molecular complexity index is 1700. The van der Waals surface area contributed by atoms with Crippen molar-refractivity contribution in [3.63, 3.8) is 0 Å². The standard InChI is InChI=1S/C30H27F3N4O6/c1-30(2,40)14-37-35-29(34-36-37)28-21(32)10-17(11-22(28)33)43-23-8-6-20(31)27-19(23)5-7-24(27)42-16-3-4-18-15(9-26(38)39)13-41-25(18)12-16/h3-4,6,8,10-12,15,24,40H,5,7,9,13-14H2,1-2H3,(H,38,39)/t15-,24-/m1/s1. The van der Waals surface area contributed by atoms with E-state index in [2.05, 4.69) is 15.4 Å². The summed E-state index contributed by atoms with van der Waals surface area (Å²) in [5, 5.41) is 30.5. The number of nitrogens with zero attached hydrogens (tertiary/aromatic N) is 4. The van der Waals surface area contributed by atoms with Crippen LogP contribution in [0.1, 0.15) is 55.4 Å². The Hall–Kier alpha value is -4.65. The summed E-state index contributed by atoms with van der Waals surface area (Å²) in [5.74, 6) is -2.87. The average molecular weight is 597 g/mol. The smallest absolute Gasteiger partial charge is 0.304 e. The molecule has 43 heavy (non-hydrogen) atoms. The van der Waals surface area contributed by atoms with Gasteiger partial charge in [-0.05, 0) is 50.1 Å². The van der Waals surface area contributed by atoms with E-state index in [-0.39, 0.29) is 48.4 Å². The van der Waals surface area contributed by atoms with Gasteiger partial charge in [-0.1, -0.05) is 6.07 Å². The minimum Gasteiger partial charge on any atom is -0.492 e. The van der Waals surface area contributed by atoms with Gasteiger partial charge >= 0.3 is 5.97 Å². The quantitative estimate of drug-likeness (QED) is 0.263. The number of aliphatic hydroxyl groups is 1. The molecule has 0 saturated heterocycles. The summed E-state index contributed by atoms with van der Waals surface area (Å²) >= 11 is 0. The van der Waals surface area contributed by atoms with Gasteiger partial charge in [0.2, 0.25) is 5.82 Å². The van der Waals surface area contributed by atoms with Crippen LogP contribution >= 0.6 is 0 Å². The van der Waals surface area contributed by atoms with Crippen molar-refractivity contribution in [2.75, 3.05) is 6.61 Å². The van der Waals surface area contributed by atoms with Crippen LogP contribution in [0.5, 0.6) is 23.0 Å². The highest BCUT2D eigenvalue weighted by Gasteiger charge is 2.32. The van der Waals surface area contributed by atoms with Gasteiger partial charge in [-0.3, -0.25) is 4.79 Å². The van der Waals surface area contributed by atoms with Crippen LogP contribution in [0, 0.1) is 17.5 Å². The zero-order valence-electron chi connectivity index (χ0n) is 23.2. The highest BCUT2D eigenvalue weighted by molar-refractivity contribution is 5.69. The Balaban J connectivity index is 1.21. The van der Waals surface area contributed by atoms with Crippen LogP contribution in [-0.2, 0) is 17.8 Å². The Morgan fingerprint density at radius 1 is 1.09 bits per heavy atom. The lowest BCUT2D eigenvalue weighted by molar-refractivity contribution is -0.137. The van der Waals surface area contributed by atoms with Crippen LogP contribution in [0.25, 0.3) is 11.4 Å². The molecule has 2 aliphatic rings. The number of hydrogen-bond donors (Lipinski definition) is 2. The van der Waals surface area contributed by atoms with E-state index in [1.54, 1.807) is 18.2 Å². The molecule has 3 aromatic carbocycles. The maximum absolute atomic E-state index is 15.1. The normalized spacial score (nSPS) is 17.3. The van der Waals surface area contributed by atoms with Crippen molar-refractivity contribution < 1.29 is 42.4 Å². The van der Waals surface area contributed by atoms with Gasteiger partial charge in [0.1, 0.15) is 46.6 Å². The molecule has 6 rings (SSSR count). The number of halogens is 3. The number of fused-ring (bicyclic) bond motifs is 2. The van der Waals surface area contributed by atoms with Crippen molar-refractivity contribution in [1.82, 2.24) is 20.2 Å². The molecule has 10 nitrogen and oxygen atoms in total. The molecule has 224 valence electrons. The molecule has 0 fully saturated rings. The second-order valence-electron chi connectivity index (χ2n) is 11.2. The second-order valence-corrected chi connectivity index (χ2v) is 11.2. The fourth-order valence-corrected chi connectivity index (χ4v) is 5.44. The topological polar surface area (TPSA) is 129 Å². The molecule has 2 heterocycles. The third-order valence-corrected chi connectivity index (χ3v) is 7.25. The summed E-state index contributed by atoms with van der Waals surface area (Å²) in [7, 11) is 0. The first-order chi connectivity index (χ1) is 20.4. The summed E-state index contributed by atoms with van der Waals surface area (Å²) in [6.07, 6.45) is 0.128. The van der Waals surface area contributed by atoms with Gasteiger partial charge in [0.05, 0.1) is 30.7 Å². The van der Waals surface area contributed by atoms with Gasteiger partial charge in [-0.15, -0.1) is 10.2 Å². The van der Waals surface area contributed by atoms with Gasteiger partial charge in [0, 0.05) is 40.8 Å². The SMILES string of the molecule is CC(C)(O)Cn1nnc(-c2c(F)cc(Oc3ccc(F)c4c3CC[C@H]4Oc3ccc4c(c3)OC[C@H]4CC(=O)O)cc2F)n1. The molecule has 4 aromatic rings.